The monoisotopic (exact) mass is 242 g/mol. The molecule has 2 atom stereocenters. The first-order valence-electron chi connectivity index (χ1n) is 5.60. The number of nitrogens with one attached hydrogen (secondary N) is 1. The summed E-state index contributed by atoms with van der Waals surface area (Å²) in [5.74, 6) is 0. The van der Waals surface area contributed by atoms with Gasteiger partial charge in [0.1, 0.15) is 5.15 Å². The van der Waals surface area contributed by atoms with E-state index in [4.69, 9.17) is 16.3 Å². The molecule has 0 radical (unpaired) electrons. The molecule has 0 spiro atoms. The number of aromatic nitrogens is 1. The van der Waals surface area contributed by atoms with Gasteiger partial charge in [0, 0.05) is 25.4 Å². The van der Waals surface area contributed by atoms with E-state index in [1.165, 1.54) is 0 Å². The van der Waals surface area contributed by atoms with Crippen LogP contribution in [-0.4, -0.2) is 24.2 Å². The smallest absolute Gasteiger partial charge is 0.129 e. The van der Waals surface area contributed by atoms with Gasteiger partial charge in [0.05, 0.1) is 6.10 Å². The second-order valence-corrected chi connectivity index (χ2v) is 4.20. The molecule has 0 saturated carbocycles. The van der Waals surface area contributed by atoms with E-state index >= 15 is 0 Å². The van der Waals surface area contributed by atoms with Crippen LogP contribution in [0.3, 0.4) is 0 Å². The highest BCUT2D eigenvalue weighted by Gasteiger charge is 2.07. The molecule has 0 aromatic carbocycles. The van der Waals surface area contributed by atoms with E-state index in [-0.39, 0.29) is 12.1 Å². The zero-order valence-electron chi connectivity index (χ0n) is 10.0. The predicted molar refractivity (Wildman–Crippen MR) is 66.8 cm³/mol. The summed E-state index contributed by atoms with van der Waals surface area (Å²) in [7, 11) is 0. The minimum Gasteiger partial charge on any atom is -0.377 e. The second-order valence-electron chi connectivity index (χ2n) is 3.81. The number of rotatable bonds is 6. The average Bonchev–Trinajstić information content (AvgIpc) is 2.27. The van der Waals surface area contributed by atoms with Crippen LogP contribution in [0.2, 0.25) is 5.15 Å². The molecule has 0 aliphatic carbocycles. The topological polar surface area (TPSA) is 34.1 Å². The van der Waals surface area contributed by atoms with E-state index in [2.05, 4.69) is 24.1 Å². The van der Waals surface area contributed by atoms with Gasteiger partial charge in [0.15, 0.2) is 0 Å². The molecule has 1 N–H and O–H groups in total. The minimum atomic E-state index is 0.229. The van der Waals surface area contributed by atoms with Crippen LogP contribution in [0, 0.1) is 0 Å². The summed E-state index contributed by atoms with van der Waals surface area (Å²) in [5.41, 5.74) is 1.13. The SMILES string of the molecule is CCOC(C)CNC(C)c1ccc(Cl)nc1. The van der Waals surface area contributed by atoms with Gasteiger partial charge in [-0.25, -0.2) is 4.98 Å². The van der Waals surface area contributed by atoms with E-state index in [0.717, 1.165) is 18.7 Å². The Labute approximate surface area is 102 Å². The highest BCUT2D eigenvalue weighted by molar-refractivity contribution is 6.29. The molecule has 0 aliphatic rings. The number of nitrogens with zero attached hydrogens (tertiary/aromatic N) is 1. The van der Waals surface area contributed by atoms with Crippen LogP contribution in [0.5, 0.6) is 0 Å². The average molecular weight is 243 g/mol. The Morgan fingerprint density at radius 2 is 2.19 bits per heavy atom. The summed E-state index contributed by atoms with van der Waals surface area (Å²) in [4.78, 5) is 4.06. The Bertz CT molecular complexity index is 302. The van der Waals surface area contributed by atoms with Crippen molar-refractivity contribution in [2.45, 2.75) is 32.9 Å². The van der Waals surface area contributed by atoms with Gasteiger partial charge < -0.3 is 10.1 Å². The van der Waals surface area contributed by atoms with Gasteiger partial charge in [-0.05, 0) is 32.4 Å². The summed E-state index contributed by atoms with van der Waals surface area (Å²) in [6.07, 6.45) is 2.03. The number of pyridine rings is 1. The summed E-state index contributed by atoms with van der Waals surface area (Å²) in [6, 6.07) is 4.05. The number of ether oxygens (including phenoxy) is 1. The minimum absolute atomic E-state index is 0.229. The summed E-state index contributed by atoms with van der Waals surface area (Å²) in [6.45, 7) is 7.74. The normalized spacial score (nSPS) is 14.8. The van der Waals surface area contributed by atoms with Gasteiger partial charge in [0.2, 0.25) is 0 Å². The zero-order valence-corrected chi connectivity index (χ0v) is 10.8. The first-order valence-corrected chi connectivity index (χ1v) is 5.97. The van der Waals surface area contributed by atoms with Crippen LogP contribution in [0.25, 0.3) is 0 Å². The first-order chi connectivity index (χ1) is 7.63. The van der Waals surface area contributed by atoms with E-state index in [9.17, 15) is 0 Å². The van der Waals surface area contributed by atoms with Crippen LogP contribution >= 0.6 is 11.6 Å². The Hall–Kier alpha value is -0.640. The summed E-state index contributed by atoms with van der Waals surface area (Å²) >= 11 is 5.73. The van der Waals surface area contributed by atoms with Crippen LogP contribution < -0.4 is 5.32 Å². The predicted octanol–water partition coefficient (Wildman–Crippen LogP) is 2.81. The van der Waals surface area contributed by atoms with E-state index < -0.39 is 0 Å². The fourth-order valence-electron chi connectivity index (χ4n) is 1.45. The van der Waals surface area contributed by atoms with Crippen molar-refractivity contribution in [2.24, 2.45) is 0 Å². The Balaban J connectivity index is 2.40. The fraction of sp³-hybridized carbons (Fsp3) is 0.583. The van der Waals surface area contributed by atoms with Crippen LogP contribution in [0.15, 0.2) is 18.3 Å². The molecule has 4 heteroatoms. The first kappa shape index (κ1) is 13.4. The third-order valence-corrected chi connectivity index (χ3v) is 2.64. The highest BCUT2D eigenvalue weighted by atomic mass is 35.5. The Morgan fingerprint density at radius 3 is 2.75 bits per heavy atom. The number of hydrogen-bond donors (Lipinski definition) is 1. The van der Waals surface area contributed by atoms with E-state index in [0.29, 0.717) is 5.15 Å². The van der Waals surface area contributed by atoms with Crippen molar-refractivity contribution in [3.05, 3.63) is 29.0 Å². The highest BCUT2D eigenvalue weighted by Crippen LogP contribution is 2.13. The quantitative estimate of drug-likeness (QED) is 0.779. The summed E-state index contributed by atoms with van der Waals surface area (Å²) in [5, 5.41) is 3.92. The lowest BCUT2D eigenvalue weighted by molar-refractivity contribution is 0.0743. The van der Waals surface area contributed by atoms with Crippen molar-refractivity contribution in [2.75, 3.05) is 13.2 Å². The van der Waals surface area contributed by atoms with Crippen molar-refractivity contribution < 1.29 is 4.74 Å². The van der Waals surface area contributed by atoms with Gasteiger partial charge in [-0.3, -0.25) is 0 Å². The molecule has 16 heavy (non-hydrogen) atoms. The lowest BCUT2D eigenvalue weighted by atomic mass is 10.1. The second kappa shape index (κ2) is 6.84. The molecule has 3 nitrogen and oxygen atoms in total. The van der Waals surface area contributed by atoms with Gasteiger partial charge in [-0.15, -0.1) is 0 Å². The maximum atomic E-state index is 5.73. The molecule has 1 rings (SSSR count). The third kappa shape index (κ3) is 4.47. The van der Waals surface area contributed by atoms with E-state index in [1.54, 1.807) is 12.3 Å². The molecular formula is C12H19ClN2O. The van der Waals surface area contributed by atoms with Crippen molar-refractivity contribution in [3.63, 3.8) is 0 Å². The Kier molecular flexibility index (Phi) is 5.74. The van der Waals surface area contributed by atoms with Gasteiger partial charge in [-0.1, -0.05) is 17.7 Å². The lowest BCUT2D eigenvalue weighted by Gasteiger charge is -2.17. The molecule has 1 aromatic heterocycles. The fourth-order valence-corrected chi connectivity index (χ4v) is 1.56. The van der Waals surface area contributed by atoms with Gasteiger partial charge in [0.25, 0.3) is 0 Å². The molecular weight excluding hydrogens is 224 g/mol. The Morgan fingerprint density at radius 1 is 1.44 bits per heavy atom. The summed E-state index contributed by atoms with van der Waals surface area (Å²) < 4.78 is 5.45. The molecule has 0 bridgehead atoms. The van der Waals surface area contributed by atoms with Crippen LogP contribution in [0.4, 0.5) is 0 Å². The molecule has 2 unspecified atom stereocenters. The van der Waals surface area contributed by atoms with Gasteiger partial charge in [-0.2, -0.15) is 0 Å². The number of halogens is 1. The lowest BCUT2D eigenvalue weighted by Crippen LogP contribution is -2.29. The molecule has 0 aliphatic heterocycles. The molecule has 1 heterocycles. The molecule has 90 valence electrons. The van der Waals surface area contributed by atoms with Crippen molar-refractivity contribution in [1.29, 1.82) is 0 Å². The number of hydrogen-bond acceptors (Lipinski definition) is 3. The van der Waals surface area contributed by atoms with E-state index in [1.807, 2.05) is 13.0 Å². The molecule has 0 fully saturated rings. The molecule has 1 aromatic rings. The van der Waals surface area contributed by atoms with Crippen molar-refractivity contribution in [1.82, 2.24) is 10.3 Å². The van der Waals surface area contributed by atoms with Crippen LogP contribution in [0.1, 0.15) is 32.4 Å². The standard InChI is InChI=1S/C12H19ClN2O/c1-4-16-9(2)7-14-10(3)11-5-6-12(13)15-8-11/h5-6,8-10,14H,4,7H2,1-3H3. The maximum Gasteiger partial charge on any atom is 0.129 e. The third-order valence-electron chi connectivity index (χ3n) is 2.41. The van der Waals surface area contributed by atoms with Crippen molar-refractivity contribution >= 4 is 11.6 Å². The van der Waals surface area contributed by atoms with Crippen LogP contribution in [-0.2, 0) is 4.74 Å². The zero-order chi connectivity index (χ0) is 12.0. The largest absolute Gasteiger partial charge is 0.377 e. The molecule has 0 amide bonds. The maximum absolute atomic E-state index is 5.73. The van der Waals surface area contributed by atoms with Crippen molar-refractivity contribution in [3.8, 4) is 0 Å². The van der Waals surface area contributed by atoms with Gasteiger partial charge >= 0.3 is 0 Å². The molecule has 0 saturated heterocycles.